The number of amides is 1. The van der Waals surface area contributed by atoms with Crippen LogP contribution in [0.15, 0.2) is 36.5 Å². The molecule has 5 nitrogen and oxygen atoms in total. The lowest BCUT2D eigenvalue weighted by atomic mass is 10.1. The first-order valence-electron chi connectivity index (χ1n) is 6.67. The number of carbonyl (C=O) groups is 1. The van der Waals surface area contributed by atoms with Gasteiger partial charge in [0.2, 0.25) is 5.91 Å². The monoisotopic (exact) mass is 272 g/mol. The van der Waals surface area contributed by atoms with Gasteiger partial charge in [-0.05, 0) is 5.56 Å². The summed E-state index contributed by atoms with van der Waals surface area (Å²) in [7, 11) is 3.54. The average Bonchev–Trinajstić information content (AvgIpc) is 2.92. The van der Waals surface area contributed by atoms with Crippen LogP contribution in [0.2, 0.25) is 0 Å². The van der Waals surface area contributed by atoms with Crippen LogP contribution in [0.4, 0.5) is 0 Å². The molecule has 0 aliphatic carbocycles. The zero-order chi connectivity index (χ0) is 14.4. The molecule has 0 fully saturated rings. The normalized spacial score (nSPS) is 10.5. The average molecular weight is 272 g/mol. The van der Waals surface area contributed by atoms with Crippen molar-refractivity contribution < 1.29 is 4.79 Å². The molecule has 1 heterocycles. The molecule has 20 heavy (non-hydrogen) atoms. The van der Waals surface area contributed by atoms with Gasteiger partial charge in [-0.3, -0.25) is 9.89 Å². The number of hydrogen-bond acceptors (Lipinski definition) is 3. The van der Waals surface area contributed by atoms with Crippen LogP contribution >= 0.6 is 0 Å². The fraction of sp³-hybridized carbons (Fsp3) is 0.333. The number of hydrogen-bond donors (Lipinski definition) is 2. The summed E-state index contributed by atoms with van der Waals surface area (Å²) >= 11 is 0. The second-order valence-electron chi connectivity index (χ2n) is 4.85. The molecule has 106 valence electrons. The summed E-state index contributed by atoms with van der Waals surface area (Å²) in [6.45, 7) is 1.36. The highest BCUT2D eigenvalue weighted by atomic mass is 16.2. The van der Waals surface area contributed by atoms with Gasteiger partial charge in [0.1, 0.15) is 0 Å². The summed E-state index contributed by atoms with van der Waals surface area (Å²) in [5, 5.41) is 10.4. The molecule has 2 rings (SSSR count). The van der Waals surface area contributed by atoms with Gasteiger partial charge in [-0.1, -0.05) is 30.3 Å². The number of benzene rings is 1. The largest absolute Gasteiger partial charge is 0.349 e. The molecule has 2 aromatic rings. The van der Waals surface area contributed by atoms with E-state index in [4.69, 9.17) is 0 Å². The quantitative estimate of drug-likeness (QED) is 0.786. The van der Waals surface area contributed by atoms with E-state index in [9.17, 15) is 4.79 Å². The summed E-state index contributed by atoms with van der Waals surface area (Å²) in [5.74, 6) is 0.132. The van der Waals surface area contributed by atoms with Crippen LogP contribution in [0, 0.1) is 0 Å². The number of carbonyl (C=O) groups excluding carboxylic acids is 1. The third kappa shape index (κ3) is 3.68. The summed E-state index contributed by atoms with van der Waals surface area (Å²) in [6, 6.07) is 10.1. The molecule has 0 saturated heterocycles. The van der Waals surface area contributed by atoms with E-state index in [0.717, 1.165) is 16.8 Å². The van der Waals surface area contributed by atoms with Crippen LogP contribution in [-0.4, -0.2) is 41.6 Å². The lowest BCUT2D eigenvalue weighted by Gasteiger charge is -2.10. The van der Waals surface area contributed by atoms with Crippen molar-refractivity contribution in [2.24, 2.45) is 0 Å². The SMILES string of the molecule is CN(C)C(=O)CCNCc1cn[nH]c1-c1ccccc1. The van der Waals surface area contributed by atoms with Crippen LogP contribution in [0.25, 0.3) is 11.3 Å². The highest BCUT2D eigenvalue weighted by molar-refractivity contribution is 5.75. The van der Waals surface area contributed by atoms with E-state index in [-0.39, 0.29) is 5.91 Å². The van der Waals surface area contributed by atoms with Gasteiger partial charge in [-0.15, -0.1) is 0 Å². The van der Waals surface area contributed by atoms with Gasteiger partial charge in [0.15, 0.2) is 0 Å². The van der Waals surface area contributed by atoms with Crippen molar-refractivity contribution in [2.75, 3.05) is 20.6 Å². The van der Waals surface area contributed by atoms with Crippen LogP contribution in [0.1, 0.15) is 12.0 Å². The molecule has 0 saturated carbocycles. The zero-order valence-electron chi connectivity index (χ0n) is 11.9. The summed E-state index contributed by atoms with van der Waals surface area (Å²) in [6.07, 6.45) is 2.33. The number of H-pyrrole nitrogens is 1. The molecule has 0 spiro atoms. The van der Waals surface area contributed by atoms with Gasteiger partial charge >= 0.3 is 0 Å². The maximum atomic E-state index is 11.5. The predicted octanol–water partition coefficient (Wildman–Crippen LogP) is 1.64. The van der Waals surface area contributed by atoms with Gasteiger partial charge in [-0.25, -0.2) is 0 Å². The Hall–Kier alpha value is -2.14. The van der Waals surface area contributed by atoms with Crippen LogP contribution < -0.4 is 5.32 Å². The third-order valence-corrected chi connectivity index (χ3v) is 3.11. The number of aromatic nitrogens is 2. The number of nitrogens with zero attached hydrogens (tertiary/aromatic N) is 2. The Kier molecular flexibility index (Phi) is 4.90. The van der Waals surface area contributed by atoms with E-state index in [1.165, 1.54) is 0 Å². The summed E-state index contributed by atoms with van der Waals surface area (Å²) in [4.78, 5) is 13.1. The molecule has 0 aliphatic rings. The van der Waals surface area contributed by atoms with Crippen molar-refractivity contribution in [3.05, 3.63) is 42.1 Å². The highest BCUT2D eigenvalue weighted by Crippen LogP contribution is 2.20. The van der Waals surface area contributed by atoms with Gasteiger partial charge in [0.25, 0.3) is 0 Å². The molecule has 0 aliphatic heterocycles. The molecule has 0 bridgehead atoms. The maximum absolute atomic E-state index is 11.5. The Labute approximate surface area is 119 Å². The minimum Gasteiger partial charge on any atom is -0.349 e. The first-order chi connectivity index (χ1) is 9.68. The van der Waals surface area contributed by atoms with E-state index in [1.807, 2.05) is 36.5 Å². The summed E-state index contributed by atoms with van der Waals surface area (Å²) < 4.78 is 0. The Morgan fingerprint density at radius 3 is 2.75 bits per heavy atom. The lowest BCUT2D eigenvalue weighted by Crippen LogP contribution is -2.26. The van der Waals surface area contributed by atoms with Crippen LogP contribution in [0.3, 0.4) is 0 Å². The number of rotatable bonds is 6. The molecular weight excluding hydrogens is 252 g/mol. The topological polar surface area (TPSA) is 61.0 Å². The Morgan fingerprint density at radius 2 is 2.05 bits per heavy atom. The number of nitrogens with one attached hydrogen (secondary N) is 2. The van der Waals surface area contributed by atoms with Gasteiger partial charge in [0.05, 0.1) is 11.9 Å². The molecule has 5 heteroatoms. The van der Waals surface area contributed by atoms with Crippen molar-refractivity contribution >= 4 is 5.91 Å². The fourth-order valence-electron chi connectivity index (χ4n) is 1.94. The second kappa shape index (κ2) is 6.86. The highest BCUT2D eigenvalue weighted by Gasteiger charge is 2.07. The van der Waals surface area contributed by atoms with Crippen molar-refractivity contribution in [1.82, 2.24) is 20.4 Å². The van der Waals surface area contributed by atoms with Crippen LogP contribution in [-0.2, 0) is 11.3 Å². The molecule has 1 amide bonds. The first kappa shape index (κ1) is 14.3. The molecule has 1 aromatic heterocycles. The van der Waals surface area contributed by atoms with E-state index in [1.54, 1.807) is 19.0 Å². The van der Waals surface area contributed by atoms with Crippen molar-refractivity contribution in [3.63, 3.8) is 0 Å². The van der Waals surface area contributed by atoms with Crippen molar-refractivity contribution in [1.29, 1.82) is 0 Å². The van der Waals surface area contributed by atoms with Crippen molar-refractivity contribution in [2.45, 2.75) is 13.0 Å². The molecular formula is C15H20N4O. The molecule has 2 N–H and O–H groups in total. The maximum Gasteiger partial charge on any atom is 0.223 e. The minimum atomic E-state index is 0.132. The Balaban J connectivity index is 1.89. The Bertz CT molecular complexity index is 548. The van der Waals surface area contributed by atoms with E-state index < -0.39 is 0 Å². The first-order valence-corrected chi connectivity index (χ1v) is 6.67. The molecule has 0 radical (unpaired) electrons. The second-order valence-corrected chi connectivity index (χ2v) is 4.85. The number of aromatic amines is 1. The fourth-order valence-corrected chi connectivity index (χ4v) is 1.94. The van der Waals surface area contributed by atoms with E-state index in [2.05, 4.69) is 15.5 Å². The molecule has 0 unspecified atom stereocenters. The summed E-state index contributed by atoms with van der Waals surface area (Å²) in [5.41, 5.74) is 3.25. The standard InChI is InChI=1S/C15H20N4O/c1-19(2)14(20)8-9-16-10-13-11-17-18-15(13)12-6-4-3-5-7-12/h3-7,11,16H,8-10H2,1-2H3,(H,17,18). The van der Waals surface area contributed by atoms with Gasteiger partial charge < -0.3 is 10.2 Å². The van der Waals surface area contributed by atoms with Gasteiger partial charge in [-0.2, -0.15) is 5.10 Å². The molecule has 0 atom stereocenters. The smallest absolute Gasteiger partial charge is 0.223 e. The zero-order valence-corrected chi connectivity index (χ0v) is 11.9. The van der Waals surface area contributed by atoms with Gasteiger partial charge in [0, 0.05) is 39.2 Å². The minimum absolute atomic E-state index is 0.132. The van der Waals surface area contributed by atoms with Crippen LogP contribution in [0.5, 0.6) is 0 Å². The van der Waals surface area contributed by atoms with E-state index in [0.29, 0.717) is 19.5 Å². The molecule has 1 aromatic carbocycles. The third-order valence-electron chi connectivity index (χ3n) is 3.11. The van der Waals surface area contributed by atoms with Crippen molar-refractivity contribution in [3.8, 4) is 11.3 Å². The predicted molar refractivity (Wildman–Crippen MR) is 79.0 cm³/mol. The lowest BCUT2D eigenvalue weighted by molar-refractivity contribution is -0.128. The van der Waals surface area contributed by atoms with E-state index >= 15 is 0 Å². The Morgan fingerprint density at radius 1 is 1.30 bits per heavy atom.